The molecule has 0 unspecified atom stereocenters. The minimum atomic E-state index is -0.470. The van der Waals surface area contributed by atoms with Crippen molar-refractivity contribution in [3.05, 3.63) is 58.7 Å². The smallest absolute Gasteiger partial charge is 0.259 e. The lowest BCUT2D eigenvalue weighted by atomic mass is 10.0. The molecular weight excluding hydrogens is 334 g/mol. The first kappa shape index (κ1) is 16.0. The number of anilines is 2. The van der Waals surface area contributed by atoms with Crippen LogP contribution >= 0.6 is 0 Å². The third-order valence-corrected chi connectivity index (χ3v) is 4.49. The van der Waals surface area contributed by atoms with Crippen LogP contribution in [0.15, 0.2) is 36.4 Å². The Kier molecular flexibility index (Phi) is 3.76. The summed E-state index contributed by atoms with van der Waals surface area (Å²) in [5.74, 6) is -1.25. The van der Waals surface area contributed by atoms with Gasteiger partial charge in [0.25, 0.3) is 17.7 Å². The van der Waals surface area contributed by atoms with E-state index in [4.69, 9.17) is 0 Å². The Balaban J connectivity index is 1.57. The van der Waals surface area contributed by atoms with Crippen LogP contribution in [0, 0.1) is 0 Å². The lowest BCUT2D eigenvalue weighted by Crippen LogP contribution is -2.19. The summed E-state index contributed by atoms with van der Waals surface area (Å²) in [7, 11) is 0. The first-order valence-electron chi connectivity index (χ1n) is 8.25. The second-order valence-corrected chi connectivity index (χ2v) is 6.27. The molecule has 0 atom stereocenters. The number of rotatable bonds is 2. The first-order valence-corrected chi connectivity index (χ1v) is 8.25. The predicted molar refractivity (Wildman–Crippen MR) is 94.2 cm³/mol. The molecule has 0 spiro atoms. The van der Waals surface area contributed by atoms with Crippen LogP contribution in [0.4, 0.5) is 11.4 Å². The van der Waals surface area contributed by atoms with Gasteiger partial charge in [0.2, 0.25) is 5.91 Å². The maximum Gasteiger partial charge on any atom is 0.259 e. The summed E-state index contributed by atoms with van der Waals surface area (Å²) in [5, 5.41) is 7.78. The van der Waals surface area contributed by atoms with Crippen LogP contribution in [0.5, 0.6) is 0 Å². The predicted octanol–water partition coefficient (Wildman–Crippen LogP) is 2.10. The van der Waals surface area contributed by atoms with Gasteiger partial charge in [-0.25, -0.2) is 0 Å². The van der Waals surface area contributed by atoms with Gasteiger partial charge in [-0.15, -0.1) is 0 Å². The fraction of sp³-hybridized carbons (Fsp3) is 0.158. The molecule has 0 saturated carbocycles. The minimum absolute atomic E-state index is 0.0214. The molecule has 2 heterocycles. The third-order valence-electron chi connectivity index (χ3n) is 4.49. The Hall–Kier alpha value is -3.48. The number of hydrogen-bond acceptors (Lipinski definition) is 4. The van der Waals surface area contributed by atoms with E-state index in [0.717, 1.165) is 24.1 Å². The number of fused-ring (bicyclic) bond motifs is 2. The second kappa shape index (κ2) is 6.11. The average Bonchev–Trinajstić information content (AvgIpc) is 2.78. The van der Waals surface area contributed by atoms with Crippen molar-refractivity contribution in [1.82, 2.24) is 5.32 Å². The van der Waals surface area contributed by atoms with E-state index in [1.54, 1.807) is 24.3 Å². The first-order chi connectivity index (χ1) is 12.5. The molecule has 0 aromatic heterocycles. The summed E-state index contributed by atoms with van der Waals surface area (Å²) >= 11 is 0. The largest absolute Gasteiger partial charge is 0.326 e. The van der Waals surface area contributed by atoms with Gasteiger partial charge in [0.1, 0.15) is 0 Å². The molecule has 0 aliphatic carbocycles. The van der Waals surface area contributed by atoms with Crippen molar-refractivity contribution in [2.24, 2.45) is 0 Å². The van der Waals surface area contributed by atoms with Crippen molar-refractivity contribution >= 4 is 35.0 Å². The van der Waals surface area contributed by atoms with Gasteiger partial charge >= 0.3 is 0 Å². The molecule has 0 radical (unpaired) electrons. The highest BCUT2D eigenvalue weighted by Gasteiger charge is 2.27. The molecule has 4 rings (SSSR count). The molecule has 7 heteroatoms. The summed E-state index contributed by atoms with van der Waals surface area (Å²) in [5.41, 5.74) is 3.09. The maximum absolute atomic E-state index is 12.5. The molecule has 7 nitrogen and oxygen atoms in total. The van der Waals surface area contributed by atoms with Gasteiger partial charge in [-0.2, -0.15) is 0 Å². The number of hydrogen-bond donors (Lipinski definition) is 3. The van der Waals surface area contributed by atoms with Crippen molar-refractivity contribution in [3.8, 4) is 0 Å². The molecule has 0 fully saturated rings. The van der Waals surface area contributed by atoms with Gasteiger partial charge in [-0.3, -0.25) is 24.5 Å². The normalized spacial score (nSPS) is 15.5. The standard InChI is InChI=1S/C19H15N3O4/c23-16-3-1-2-10-8-11(4-7-15(10)21-16)17(24)20-12-5-6-13-14(9-12)19(26)22-18(13)25/h4-9H,1-3H2,(H,20,24)(H,21,23)(H,22,25,26). The van der Waals surface area contributed by atoms with Crippen molar-refractivity contribution < 1.29 is 19.2 Å². The Morgan fingerprint density at radius 2 is 1.69 bits per heavy atom. The van der Waals surface area contributed by atoms with E-state index in [9.17, 15) is 19.2 Å². The summed E-state index contributed by atoms with van der Waals surface area (Å²) in [6.07, 6.45) is 1.92. The quantitative estimate of drug-likeness (QED) is 0.722. The summed E-state index contributed by atoms with van der Waals surface area (Å²) in [6.45, 7) is 0. The van der Waals surface area contributed by atoms with E-state index >= 15 is 0 Å². The highest BCUT2D eigenvalue weighted by atomic mass is 16.2. The van der Waals surface area contributed by atoms with E-state index in [1.807, 2.05) is 0 Å². The number of amides is 4. The molecule has 2 aliphatic heterocycles. The van der Waals surface area contributed by atoms with Crippen LogP contribution < -0.4 is 16.0 Å². The molecule has 26 heavy (non-hydrogen) atoms. The summed E-state index contributed by atoms with van der Waals surface area (Å²) in [4.78, 5) is 47.4. The van der Waals surface area contributed by atoms with Crippen LogP contribution in [0.2, 0.25) is 0 Å². The molecule has 130 valence electrons. The summed E-state index contributed by atoms with van der Waals surface area (Å²) in [6, 6.07) is 9.71. The van der Waals surface area contributed by atoms with Gasteiger partial charge in [0.05, 0.1) is 11.1 Å². The topological polar surface area (TPSA) is 104 Å². The SMILES string of the molecule is O=C1CCCc2cc(C(=O)Nc3ccc4c(c3)C(=O)NC4=O)ccc2N1. The number of benzene rings is 2. The lowest BCUT2D eigenvalue weighted by molar-refractivity contribution is -0.116. The number of carbonyl (C=O) groups excluding carboxylic acids is 4. The van der Waals surface area contributed by atoms with Crippen molar-refractivity contribution in [2.75, 3.05) is 10.6 Å². The van der Waals surface area contributed by atoms with E-state index in [2.05, 4.69) is 16.0 Å². The van der Waals surface area contributed by atoms with Crippen LogP contribution in [0.25, 0.3) is 0 Å². The van der Waals surface area contributed by atoms with Gasteiger partial charge in [0.15, 0.2) is 0 Å². The monoisotopic (exact) mass is 349 g/mol. The molecule has 2 aromatic rings. The van der Waals surface area contributed by atoms with E-state index < -0.39 is 11.8 Å². The Bertz CT molecular complexity index is 981. The van der Waals surface area contributed by atoms with E-state index in [0.29, 0.717) is 23.2 Å². The average molecular weight is 349 g/mol. The van der Waals surface area contributed by atoms with E-state index in [1.165, 1.54) is 12.1 Å². The van der Waals surface area contributed by atoms with Crippen molar-refractivity contribution in [3.63, 3.8) is 0 Å². The molecular formula is C19H15N3O4. The number of carbonyl (C=O) groups is 4. The maximum atomic E-state index is 12.5. The number of aryl methyl sites for hydroxylation is 1. The Labute approximate surface area is 148 Å². The zero-order valence-electron chi connectivity index (χ0n) is 13.7. The fourth-order valence-electron chi connectivity index (χ4n) is 3.16. The molecule has 2 aliphatic rings. The molecule has 3 N–H and O–H groups in total. The van der Waals surface area contributed by atoms with Crippen LogP contribution in [0.3, 0.4) is 0 Å². The zero-order chi connectivity index (χ0) is 18.3. The van der Waals surface area contributed by atoms with E-state index in [-0.39, 0.29) is 17.4 Å². The van der Waals surface area contributed by atoms with Gasteiger partial charge in [-0.05, 0) is 54.8 Å². The molecule has 2 aromatic carbocycles. The molecule has 4 amide bonds. The summed E-state index contributed by atoms with van der Waals surface area (Å²) < 4.78 is 0. The lowest BCUT2D eigenvalue weighted by Gasteiger charge is -2.10. The second-order valence-electron chi connectivity index (χ2n) is 6.27. The highest BCUT2D eigenvalue weighted by Crippen LogP contribution is 2.25. The van der Waals surface area contributed by atoms with Crippen molar-refractivity contribution in [1.29, 1.82) is 0 Å². The zero-order valence-corrected chi connectivity index (χ0v) is 13.7. The van der Waals surface area contributed by atoms with Crippen LogP contribution in [-0.4, -0.2) is 23.6 Å². The molecule has 0 saturated heterocycles. The Morgan fingerprint density at radius 1 is 0.885 bits per heavy atom. The number of imide groups is 1. The highest BCUT2D eigenvalue weighted by molar-refractivity contribution is 6.22. The third kappa shape index (κ3) is 2.83. The fourth-order valence-corrected chi connectivity index (χ4v) is 3.16. The van der Waals surface area contributed by atoms with Gasteiger partial charge < -0.3 is 10.6 Å². The number of nitrogens with one attached hydrogen (secondary N) is 3. The van der Waals surface area contributed by atoms with Gasteiger partial charge in [-0.1, -0.05) is 0 Å². The van der Waals surface area contributed by atoms with Crippen LogP contribution in [-0.2, 0) is 11.2 Å². The minimum Gasteiger partial charge on any atom is -0.326 e. The van der Waals surface area contributed by atoms with Gasteiger partial charge in [0, 0.05) is 23.4 Å². The van der Waals surface area contributed by atoms with Crippen LogP contribution in [0.1, 0.15) is 49.5 Å². The van der Waals surface area contributed by atoms with Crippen molar-refractivity contribution in [2.45, 2.75) is 19.3 Å². The molecule has 0 bridgehead atoms. The Morgan fingerprint density at radius 3 is 2.54 bits per heavy atom.